The molecular formula is C13H18BrNO. The zero-order valence-corrected chi connectivity index (χ0v) is 11.4. The summed E-state index contributed by atoms with van der Waals surface area (Å²) in [5.74, 6) is 0.873. The third-order valence-electron chi connectivity index (χ3n) is 2.27. The highest BCUT2D eigenvalue weighted by Crippen LogP contribution is 2.25. The predicted octanol–water partition coefficient (Wildman–Crippen LogP) is 3.51. The normalized spacial score (nSPS) is 10.9. The number of methoxy groups -OCH3 is 1. The van der Waals surface area contributed by atoms with E-state index in [0.29, 0.717) is 0 Å². The molecule has 0 bridgehead atoms. The molecule has 1 rings (SSSR count). The summed E-state index contributed by atoms with van der Waals surface area (Å²) in [5, 5.41) is 3.39. The van der Waals surface area contributed by atoms with E-state index >= 15 is 0 Å². The average molecular weight is 284 g/mol. The number of ether oxygens (including phenoxy) is 1. The van der Waals surface area contributed by atoms with Crippen molar-refractivity contribution in [3.63, 3.8) is 0 Å². The SMILES string of the molecule is C/C=C/CCNCc1ccc(OC)c(Br)c1. The Kier molecular flexibility index (Phi) is 6.19. The second-order valence-corrected chi connectivity index (χ2v) is 4.36. The molecular weight excluding hydrogens is 266 g/mol. The van der Waals surface area contributed by atoms with Crippen LogP contribution in [0.4, 0.5) is 0 Å². The summed E-state index contributed by atoms with van der Waals surface area (Å²) in [6.45, 7) is 3.94. The molecule has 1 aromatic carbocycles. The first kappa shape index (κ1) is 13.3. The van der Waals surface area contributed by atoms with Crippen LogP contribution in [0.3, 0.4) is 0 Å². The molecule has 0 heterocycles. The molecule has 0 aromatic heterocycles. The molecule has 1 N–H and O–H groups in total. The first-order valence-corrected chi connectivity index (χ1v) is 6.21. The Morgan fingerprint density at radius 1 is 1.44 bits per heavy atom. The highest BCUT2D eigenvalue weighted by atomic mass is 79.9. The van der Waals surface area contributed by atoms with E-state index in [0.717, 1.165) is 29.7 Å². The van der Waals surface area contributed by atoms with Crippen LogP contribution >= 0.6 is 15.9 Å². The molecule has 0 radical (unpaired) electrons. The topological polar surface area (TPSA) is 21.3 Å². The predicted molar refractivity (Wildman–Crippen MR) is 71.8 cm³/mol. The maximum atomic E-state index is 5.18. The minimum atomic E-state index is 0.873. The van der Waals surface area contributed by atoms with Gasteiger partial charge in [0, 0.05) is 6.54 Å². The Labute approximate surface area is 106 Å². The summed E-state index contributed by atoms with van der Waals surface area (Å²) in [6, 6.07) is 6.14. The van der Waals surface area contributed by atoms with Crippen LogP contribution in [-0.2, 0) is 6.54 Å². The lowest BCUT2D eigenvalue weighted by Crippen LogP contribution is -2.13. The van der Waals surface area contributed by atoms with E-state index in [2.05, 4.69) is 45.5 Å². The van der Waals surface area contributed by atoms with E-state index in [9.17, 15) is 0 Å². The molecule has 0 unspecified atom stereocenters. The molecule has 0 fully saturated rings. The van der Waals surface area contributed by atoms with Crippen molar-refractivity contribution in [3.8, 4) is 5.75 Å². The molecule has 0 aliphatic heterocycles. The Bertz CT molecular complexity index is 350. The molecule has 0 saturated carbocycles. The fourth-order valence-electron chi connectivity index (χ4n) is 1.40. The summed E-state index contributed by atoms with van der Waals surface area (Å²) in [6.07, 6.45) is 5.32. The molecule has 0 spiro atoms. The van der Waals surface area contributed by atoms with Crippen molar-refractivity contribution in [2.24, 2.45) is 0 Å². The smallest absolute Gasteiger partial charge is 0.133 e. The minimum absolute atomic E-state index is 0.873. The molecule has 88 valence electrons. The Hall–Kier alpha value is -0.800. The van der Waals surface area contributed by atoms with Gasteiger partial charge in [-0.25, -0.2) is 0 Å². The van der Waals surface area contributed by atoms with Crippen LogP contribution in [0, 0.1) is 0 Å². The molecule has 0 atom stereocenters. The maximum absolute atomic E-state index is 5.18. The van der Waals surface area contributed by atoms with E-state index in [1.54, 1.807) is 7.11 Å². The van der Waals surface area contributed by atoms with Crippen molar-refractivity contribution in [3.05, 3.63) is 40.4 Å². The summed E-state index contributed by atoms with van der Waals surface area (Å²) < 4.78 is 6.18. The van der Waals surface area contributed by atoms with E-state index in [4.69, 9.17) is 4.74 Å². The van der Waals surface area contributed by atoms with E-state index in [1.165, 1.54) is 5.56 Å². The molecule has 0 aliphatic carbocycles. The van der Waals surface area contributed by atoms with Gasteiger partial charge in [0.25, 0.3) is 0 Å². The fraction of sp³-hybridized carbons (Fsp3) is 0.385. The van der Waals surface area contributed by atoms with Crippen LogP contribution in [0.15, 0.2) is 34.8 Å². The zero-order valence-electron chi connectivity index (χ0n) is 9.79. The van der Waals surface area contributed by atoms with Gasteiger partial charge in [-0.3, -0.25) is 0 Å². The van der Waals surface area contributed by atoms with Crippen LogP contribution < -0.4 is 10.1 Å². The standard InChI is InChI=1S/C13H18BrNO/c1-3-4-5-8-15-10-11-6-7-13(16-2)12(14)9-11/h3-4,6-7,9,15H,5,8,10H2,1-2H3/b4-3+. The van der Waals surface area contributed by atoms with E-state index in [-0.39, 0.29) is 0 Å². The van der Waals surface area contributed by atoms with Crippen LogP contribution in [0.5, 0.6) is 5.75 Å². The third kappa shape index (κ3) is 4.37. The van der Waals surface area contributed by atoms with Gasteiger partial charge in [0.05, 0.1) is 11.6 Å². The van der Waals surface area contributed by atoms with Crippen molar-refractivity contribution in [2.45, 2.75) is 19.9 Å². The highest BCUT2D eigenvalue weighted by Gasteiger charge is 2.00. The van der Waals surface area contributed by atoms with Gasteiger partial charge >= 0.3 is 0 Å². The first-order chi connectivity index (χ1) is 7.77. The van der Waals surface area contributed by atoms with Gasteiger partial charge in [0.15, 0.2) is 0 Å². The Balaban J connectivity index is 2.40. The number of hydrogen-bond acceptors (Lipinski definition) is 2. The van der Waals surface area contributed by atoms with E-state index < -0.39 is 0 Å². The molecule has 16 heavy (non-hydrogen) atoms. The summed E-state index contributed by atoms with van der Waals surface area (Å²) in [4.78, 5) is 0. The summed E-state index contributed by atoms with van der Waals surface area (Å²) >= 11 is 3.48. The van der Waals surface area contributed by atoms with Crippen molar-refractivity contribution < 1.29 is 4.74 Å². The zero-order chi connectivity index (χ0) is 11.8. The van der Waals surface area contributed by atoms with Gasteiger partial charge in [0.1, 0.15) is 5.75 Å². The van der Waals surface area contributed by atoms with Crippen molar-refractivity contribution in [2.75, 3.05) is 13.7 Å². The van der Waals surface area contributed by atoms with Crippen molar-refractivity contribution in [1.29, 1.82) is 0 Å². The summed E-state index contributed by atoms with van der Waals surface area (Å²) in [5.41, 5.74) is 1.26. The number of benzene rings is 1. The molecule has 0 saturated heterocycles. The number of rotatable bonds is 6. The third-order valence-corrected chi connectivity index (χ3v) is 2.89. The lowest BCUT2D eigenvalue weighted by atomic mass is 10.2. The minimum Gasteiger partial charge on any atom is -0.496 e. The second-order valence-electron chi connectivity index (χ2n) is 3.50. The van der Waals surface area contributed by atoms with Gasteiger partial charge in [-0.15, -0.1) is 0 Å². The first-order valence-electron chi connectivity index (χ1n) is 5.42. The second kappa shape index (κ2) is 7.47. The number of halogens is 1. The average Bonchev–Trinajstić information content (AvgIpc) is 2.29. The van der Waals surface area contributed by atoms with Gasteiger partial charge < -0.3 is 10.1 Å². The van der Waals surface area contributed by atoms with Gasteiger partial charge in [-0.2, -0.15) is 0 Å². The van der Waals surface area contributed by atoms with E-state index in [1.807, 2.05) is 13.0 Å². The van der Waals surface area contributed by atoms with Gasteiger partial charge in [-0.05, 0) is 53.5 Å². The lowest BCUT2D eigenvalue weighted by Gasteiger charge is -2.07. The molecule has 2 nitrogen and oxygen atoms in total. The Morgan fingerprint density at radius 3 is 2.88 bits per heavy atom. The van der Waals surface area contributed by atoms with Crippen molar-refractivity contribution >= 4 is 15.9 Å². The molecule has 1 aromatic rings. The summed E-state index contributed by atoms with van der Waals surface area (Å²) in [7, 11) is 1.68. The quantitative estimate of drug-likeness (QED) is 0.637. The molecule has 3 heteroatoms. The fourth-order valence-corrected chi connectivity index (χ4v) is 1.99. The van der Waals surface area contributed by atoms with Crippen LogP contribution in [0.2, 0.25) is 0 Å². The van der Waals surface area contributed by atoms with Crippen molar-refractivity contribution in [1.82, 2.24) is 5.32 Å². The monoisotopic (exact) mass is 283 g/mol. The van der Waals surface area contributed by atoms with Crippen LogP contribution in [0.25, 0.3) is 0 Å². The Morgan fingerprint density at radius 2 is 2.25 bits per heavy atom. The number of nitrogens with one attached hydrogen (secondary N) is 1. The number of allylic oxidation sites excluding steroid dienone is 1. The van der Waals surface area contributed by atoms with Crippen LogP contribution in [-0.4, -0.2) is 13.7 Å². The lowest BCUT2D eigenvalue weighted by molar-refractivity contribution is 0.412. The molecule has 0 amide bonds. The molecule has 0 aliphatic rings. The highest BCUT2D eigenvalue weighted by molar-refractivity contribution is 9.10. The van der Waals surface area contributed by atoms with Gasteiger partial charge in [-0.1, -0.05) is 18.2 Å². The number of hydrogen-bond donors (Lipinski definition) is 1. The van der Waals surface area contributed by atoms with Crippen LogP contribution in [0.1, 0.15) is 18.9 Å². The maximum Gasteiger partial charge on any atom is 0.133 e. The largest absolute Gasteiger partial charge is 0.496 e. The van der Waals surface area contributed by atoms with Gasteiger partial charge in [0.2, 0.25) is 0 Å².